The summed E-state index contributed by atoms with van der Waals surface area (Å²) in [6.07, 6.45) is 1.48. The molecule has 1 heterocycles. The molecule has 2 N–H and O–H groups in total. The van der Waals surface area contributed by atoms with Gasteiger partial charge in [-0.25, -0.2) is 0 Å². The van der Waals surface area contributed by atoms with E-state index in [2.05, 4.69) is 5.32 Å². The van der Waals surface area contributed by atoms with E-state index >= 15 is 0 Å². The van der Waals surface area contributed by atoms with Gasteiger partial charge < -0.3 is 19.9 Å². The Morgan fingerprint density at radius 1 is 1.14 bits per heavy atom. The number of aliphatic carboxylic acids is 1. The predicted molar refractivity (Wildman–Crippen MR) is 140 cm³/mol. The Labute approximate surface area is 213 Å². The maximum absolute atomic E-state index is 12.6. The van der Waals surface area contributed by atoms with E-state index in [1.54, 1.807) is 24.3 Å². The fourth-order valence-corrected chi connectivity index (χ4v) is 4.65. The van der Waals surface area contributed by atoms with E-state index in [0.29, 0.717) is 32.9 Å². The van der Waals surface area contributed by atoms with E-state index in [9.17, 15) is 14.4 Å². The van der Waals surface area contributed by atoms with Gasteiger partial charge in [0.15, 0.2) is 18.1 Å². The number of anilines is 1. The highest BCUT2D eigenvalue weighted by atomic mass is 32.2. The van der Waals surface area contributed by atoms with E-state index in [-0.39, 0.29) is 31.4 Å². The number of amides is 2. The fraction of sp³-hybridized carbons (Fsp3) is 0.280. The van der Waals surface area contributed by atoms with Gasteiger partial charge in [0.2, 0.25) is 0 Å². The maximum atomic E-state index is 12.6. The fourth-order valence-electron chi connectivity index (χ4n) is 3.34. The van der Waals surface area contributed by atoms with Gasteiger partial charge in [-0.3, -0.25) is 19.3 Å². The number of hydrogen-bond donors (Lipinski definition) is 2. The highest BCUT2D eigenvalue weighted by Crippen LogP contribution is 2.35. The minimum Gasteiger partial charge on any atom is -0.490 e. The third kappa shape index (κ3) is 7.06. The van der Waals surface area contributed by atoms with Crippen LogP contribution in [0.15, 0.2) is 41.3 Å². The molecule has 0 aliphatic carbocycles. The van der Waals surface area contributed by atoms with Gasteiger partial charge in [0, 0.05) is 12.2 Å². The molecule has 1 aliphatic heterocycles. The van der Waals surface area contributed by atoms with Crippen molar-refractivity contribution < 1.29 is 29.0 Å². The van der Waals surface area contributed by atoms with E-state index < -0.39 is 5.97 Å². The molecular formula is C25H26N2O6S2. The second kappa shape index (κ2) is 11.9. The monoisotopic (exact) mass is 514 g/mol. The first-order chi connectivity index (χ1) is 16.7. The second-order valence-electron chi connectivity index (χ2n) is 7.77. The third-order valence-electron chi connectivity index (χ3n) is 5.00. The number of ether oxygens (including phenoxy) is 2. The quantitative estimate of drug-likeness (QED) is 0.355. The van der Waals surface area contributed by atoms with E-state index in [0.717, 1.165) is 28.6 Å². The lowest BCUT2D eigenvalue weighted by Gasteiger charge is -2.14. The van der Waals surface area contributed by atoms with Crippen LogP contribution < -0.4 is 14.8 Å². The SMILES string of the molecule is CCOc1cc(/C=C2\SC(=S)N(CCC(=O)O)C2=O)ccc1OCC(=O)Nc1ccc(C)cc1C. The smallest absolute Gasteiger partial charge is 0.305 e. The number of nitrogens with zero attached hydrogens (tertiary/aromatic N) is 1. The van der Waals surface area contributed by atoms with Crippen LogP contribution in [0, 0.1) is 13.8 Å². The first-order valence-electron chi connectivity index (χ1n) is 10.9. The zero-order valence-corrected chi connectivity index (χ0v) is 21.3. The summed E-state index contributed by atoms with van der Waals surface area (Å²) in [6.45, 7) is 5.95. The molecule has 10 heteroatoms. The van der Waals surface area contributed by atoms with Crippen molar-refractivity contribution in [2.24, 2.45) is 0 Å². The van der Waals surface area contributed by atoms with Crippen LogP contribution in [-0.2, 0) is 14.4 Å². The Morgan fingerprint density at radius 3 is 2.60 bits per heavy atom. The Bertz CT molecular complexity index is 1190. The molecule has 0 bridgehead atoms. The number of thiocarbonyl (C=S) groups is 1. The Balaban J connectivity index is 1.69. The molecule has 0 unspecified atom stereocenters. The van der Waals surface area contributed by atoms with Crippen LogP contribution in [0.4, 0.5) is 5.69 Å². The summed E-state index contributed by atoms with van der Waals surface area (Å²) >= 11 is 6.34. The molecule has 0 spiro atoms. The molecule has 1 fully saturated rings. The number of carboxylic acid groups (broad SMARTS) is 1. The average molecular weight is 515 g/mol. The summed E-state index contributed by atoms with van der Waals surface area (Å²) in [5.74, 6) is -0.797. The lowest BCUT2D eigenvalue weighted by atomic mass is 10.1. The maximum Gasteiger partial charge on any atom is 0.305 e. The molecule has 3 rings (SSSR count). The molecule has 0 radical (unpaired) electrons. The van der Waals surface area contributed by atoms with Gasteiger partial charge in [-0.05, 0) is 56.2 Å². The molecular weight excluding hydrogens is 488 g/mol. The standard InChI is InChI=1S/C25H26N2O6S2/c1-4-32-20-12-17(13-21-24(31)27(25(34)35-21)10-9-23(29)30)6-8-19(20)33-14-22(28)26-18-7-5-15(2)11-16(18)3/h5-8,11-13H,4,9-10,14H2,1-3H3,(H,26,28)(H,29,30)/b21-13-. The number of carboxylic acids is 1. The number of rotatable bonds is 10. The van der Waals surface area contributed by atoms with Crippen molar-refractivity contribution in [3.05, 3.63) is 58.0 Å². The number of aryl methyl sites for hydroxylation is 2. The Morgan fingerprint density at radius 2 is 1.91 bits per heavy atom. The number of benzene rings is 2. The number of thioether (sulfide) groups is 1. The zero-order valence-electron chi connectivity index (χ0n) is 19.6. The molecule has 2 aromatic rings. The first kappa shape index (κ1) is 26.2. The molecule has 8 nitrogen and oxygen atoms in total. The van der Waals surface area contributed by atoms with Crippen LogP contribution in [0.1, 0.15) is 30.0 Å². The molecule has 2 aromatic carbocycles. The first-order valence-corrected chi connectivity index (χ1v) is 12.1. The highest BCUT2D eigenvalue weighted by molar-refractivity contribution is 8.26. The van der Waals surface area contributed by atoms with Crippen molar-refractivity contribution in [1.82, 2.24) is 4.90 Å². The van der Waals surface area contributed by atoms with E-state index in [1.165, 1.54) is 4.90 Å². The topological polar surface area (TPSA) is 105 Å². The van der Waals surface area contributed by atoms with E-state index in [1.807, 2.05) is 39.0 Å². The van der Waals surface area contributed by atoms with Crippen molar-refractivity contribution in [2.75, 3.05) is 25.1 Å². The predicted octanol–water partition coefficient (Wildman–Crippen LogP) is 4.40. The third-order valence-corrected chi connectivity index (χ3v) is 6.38. The summed E-state index contributed by atoms with van der Waals surface area (Å²) in [5, 5.41) is 11.7. The minimum atomic E-state index is -0.998. The summed E-state index contributed by atoms with van der Waals surface area (Å²) < 4.78 is 11.7. The van der Waals surface area contributed by atoms with Gasteiger partial charge in [0.1, 0.15) is 4.32 Å². The number of nitrogens with one attached hydrogen (secondary N) is 1. The normalized spacial score (nSPS) is 14.4. The molecule has 0 aromatic heterocycles. The lowest BCUT2D eigenvalue weighted by molar-refractivity contribution is -0.137. The van der Waals surface area contributed by atoms with Gasteiger partial charge in [-0.1, -0.05) is 47.7 Å². The molecule has 35 heavy (non-hydrogen) atoms. The number of carbonyl (C=O) groups excluding carboxylic acids is 2. The van der Waals surface area contributed by atoms with Crippen LogP contribution in [-0.4, -0.2) is 51.9 Å². The van der Waals surface area contributed by atoms with Gasteiger partial charge in [-0.15, -0.1) is 0 Å². The van der Waals surface area contributed by atoms with Crippen molar-refractivity contribution >= 4 is 57.8 Å². The van der Waals surface area contributed by atoms with Gasteiger partial charge in [-0.2, -0.15) is 0 Å². The van der Waals surface area contributed by atoms with Crippen LogP contribution in [0.5, 0.6) is 11.5 Å². The summed E-state index contributed by atoms with van der Waals surface area (Å²) in [6, 6.07) is 10.9. The zero-order chi connectivity index (χ0) is 25.5. The van der Waals surface area contributed by atoms with Crippen LogP contribution in [0.25, 0.3) is 6.08 Å². The van der Waals surface area contributed by atoms with Crippen molar-refractivity contribution in [3.8, 4) is 11.5 Å². The molecule has 1 aliphatic rings. The van der Waals surface area contributed by atoms with Crippen LogP contribution >= 0.6 is 24.0 Å². The van der Waals surface area contributed by atoms with Crippen molar-refractivity contribution in [1.29, 1.82) is 0 Å². The second-order valence-corrected chi connectivity index (χ2v) is 9.45. The van der Waals surface area contributed by atoms with Crippen LogP contribution in [0.3, 0.4) is 0 Å². The molecule has 0 atom stereocenters. The van der Waals surface area contributed by atoms with Crippen LogP contribution in [0.2, 0.25) is 0 Å². The van der Waals surface area contributed by atoms with E-state index in [4.69, 9.17) is 26.8 Å². The Hall–Kier alpha value is -3.37. The Kier molecular flexibility index (Phi) is 8.89. The average Bonchev–Trinajstić information content (AvgIpc) is 3.06. The highest BCUT2D eigenvalue weighted by Gasteiger charge is 2.32. The molecule has 2 amide bonds. The largest absolute Gasteiger partial charge is 0.490 e. The van der Waals surface area contributed by atoms with Gasteiger partial charge in [0.25, 0.3) is 11.8 Å². The molecule has 1 saturated heterocycles. The summed E-state index contributed by atoms with van der Waals surface area (Å²) in [7, 11) is 0. The van der Waals surface area contributed by atoms with Gasteiger partial charge >= 0.3 is 5.97 Å². The number of hydrogen-bond acceptors (Lipinski definition) is 7. The molecule has 184 valence electrons. The van der Waals surface area contributed by atoms with Crippen molar-refractivity contribution in [3.63, 3.8) is 0 Å². The molecule has 0 saturated carbocycles. The lowest BCUT2D eigenvalue weighted by Crippen LogP contribution is -2.30. The minimum absolute atomic E-state index is 0.0263. The number of carbonyl (C=O) groups is 3. The van der Waals surface area contributed by atoms with Gasteiger partial charge in [0.05, 0.1) is 17.9 Å². The summed E-state index contributed by atoms with van der Waals surface area (Å²) in [5.41, 5.74) is 3.48. The summed E-state index contributed by atoms with van der Waals surface area (Å²) in [4.78, 5) is 37.6. The van der Waals surface area contributed by atoms with Crippen molar-refractivity contribution in [2.45, 2.75) is 27.2 Å².